The lowest BCUT2D eigenvalue weighted by molar-refractivity contribution is -0.159. The van der Waals surface area contributed by atoms with E-state index in [4.69, 9.17) is 9.47 Å². The topological polar surface area (TPSA) is 35.5 Å². The standard InChI is InChI=1S/C18H26O3S2/c1-18(2,3)21-17(19)14-9-16(23-11-14)12-22-10-13-5-7-15(20-4)8-6-13/h5-8,14,16H,9-12H2,1-4H3/t14-,16+/m0/s1. The van der Waals surface area contributed by atoms with Gasteiger partial charge in [0.15, 0.2) is 0 Å². The summed E-state index contributed by atoms with van der Waals surface area (Å²) in [6.45, 7) is 5.78. The number of esters is 1. The molecule has 0 N–H and O–H groups in total. The first-order valence-corrected chi connectivity index (χ1v) is 10.1. The third kappa shape index (κ3) is 6.30. The van der Waals surface area contributed by atoms with Gasteiger partial charge in [0.05, 0.1) is 13.0 Å². The van der Waals surface area contributed by atoms with E-state index in [-0.39, 0.29) is 17.5 Å². The zero-order valence-electron chi connectivity index (χ0n) is 14.3. The molecular formula is C18H26O3S2. The first kappa shape index (κ1) is 18.5. The lowest BCUT2D eigenvalue weighted by Crippen LogP contribution is -2.29. The van der Waals surface area contributed by atoms with Crippen molar-refractivity contribution in [1.29, 1.82) is 0 Å². The van der Waals surface area contributed by atoms with Gasteiger partial charge >= 0.3 is 5.97 Å². The van der Waals surface area contributed by atoms with Gasteiger partial charge in [0.2, 0.25) is 0 Å². The molecule has 0 saturated carbocycles. The molecule has 1 aliphatic rings. The second-order valence-corrected chi connectivity index (χ2v) is 9.15. The molecule has 0 unspecified atom stereocenters. The number of carbonyl (C=O) groups excluding carboxylic acids is 1. The van der Waals surface area contributed by atoms with E-state index in [1.165, 1.54) is 5.56 Å². The summed E-state index contributed by atoms with van der Waals surface area (Å²) in [5, 5.41) is 0.552. The highest BCUT2D eigenvalue weighted by Gasteiger charge is 2.33. The van der Waals surface area contributed by atoms with Crippen LogP contribution in [0.5, 0.6) is 5.75 Å². The minimum absolute atomic E-state index is 0.0346. The highest BCUT2D eigenvalue weighted by molar-refractivity contribution is 8.03. The van der Waals surface area contributed by atoms with Crippen LogP contribution in [0.15, 0.2) is 24.3 Å². The van der Waals surface area contributed by atoms with Gasteiger partial charge in [-0.25, -0.2) is 0 Å². The molecule has 1 aromatic carbocycles. The van der Waals surface area contributed by atoms with Crippen molar-refractivity contribution >= 4 is 29.5 Å². The van der Waals surface area contributed by atoms with Crippen molar-refractivity contribution < 1.29 is 14.3 Å². The van der Waals surface area contributed by atoms with Gasteiger partial charge in [-0.3, -0.25) is 4.79 Å². The molecule has 1 saturated heterocycles. The van der Waals surface area contributed by atoms with Gasteiger partial charge < -0.3 is 9.47 Å². The number of rotatable bonds is 6. The van der Waals surface area contributed by atoms with Crippen LogP contribution in [0.1, 0.15) is 32.8 Å². The number of ether oxygens (including phenoxy) is 2. The molecule has 2 rings (SSSR count). The van der Waals surface area contributed by atoms with E-state index in [2.05, 4.69) is 12.1 Å². The number of hydrogen-bond acceptors (Lipinski definition) is 5. The van der Waals surface area contributed by atoms with Crippen LogP contribution in [-0.2, 0) is 15.3 Å². The second kappa shape index (κ2) is 8.34. The molecule has 1 aliphatic heterocycles. The summed E-state index contributed by atoms with van der Waals surface area (Å²) >= 11 is 3.83. The number of methoxy groups -OCH3 is 1. The quantitative estimate of drug-likeness (QED) is 0.708. The third-order valence-electron chi connectivity index (χ3n) is 3.55. The van der Waals surface area contributed by atoms with Crippen molar-refractivity contribution in [2.75, 3.05) is 18.6 Å². The van der Waals surface area contributed by atoms with Gasteiger partial charge in [0.1, 0.15) is 11.4 Å². The largest absolute Gasteiger partial charge is 0.497 e. The molecule has 1 heterocycles. The van der Waals surface area contributed by atoms with Gasteiger partial charge in [-0.15, -0.1) is 0 Å². The van der Waals surface area contributed by atoms with Crippen LogP contribution < -0.4 is 4.74 Å². The van der Waals surface area contributed by atoms with Gasteiger partial charge in [-0.2, -0.15) is 23.5 Å². The molecule has 0 spiro atoms. The summed E-state index contributed by atoms with van der Waals surface area (Å²) in [5.41, 5.74) is 0.922. The van der Waals surface area contributed by atoms with Crippen LogP contribution in [-0.4, -0.2) is 35.4 Å². The maximum absolute atomic E-state index is 12.1. The fraction of sp³-hybridized carbons (Fsp3) is 0.611. The highest BCUT2D eigenvalue weighted by Crippen LogP contribution is 2.35. The Kier molecular flexibility index (Phi) is 6.72. The molecule has 128 valence electrons. The minimum atomic E-state index is -0.386. The number of carbonyl (C=O) groups is 1. The van der Waals surface area contributed by atoms with Crippen LogP contribution in [0.2, 0.25) is 0 Å². The van der Waals surface area contributed by atoms with Gasteiger partial charge in [0, 0.05) is 22.5 Å². The van der Waals surface area contributed by atoms with Crippen LogP contribution in [0, 0.1) is 5.92 Å². The molecule has 2 atom stereocenters. The number of benzene rings is 1. The summed E-state index contributed by atoms with van der Waals surface area (Å²) < 4.78 is 10.7. The van der Waals surface area contributed by atoms with E-state index in [0.717, 1.165) is 29.4 Å². The number of thioether (sulfide) groups is 2. The van der Waals surface area contributed by atoms with Crippen molar-refractivity contribution in [2.24, 2.45) is 5.92 Å². The Hall–Kier alpha value is -0.810. The zero-order chi connectivity index (χ0) is 16.9. The molecule has 5 heteroatoms. The van der Waals surface area contributed by atoms with Crippen molar-refractivity contribution in [3.8, 4) is 5.75 Å². The smallest absolute Gasteiger partial charge is 0.310 e. The SMILES string of the molecule is COc1ccc(CSC[C@H]2C[C@H](C(=O)OC(C)(C)C)CS2)cc1. The predicted octanol–water partition coefficient (Wildman–Crippen LogP) is 4.39. The molecule has 0 radical (unpaired) electrons. The Morgan fingerprint density at radius 2 is 2.00 bits per heavy atom. The molecule has 3 nitrogen and oxygen atoms in total. The van der Waals surface area contributed by atoms with Gasteiger partial charge in [0.25, 0.3) is 0 Å². The van der Waals surface area contributed by atoms with E-state index in [9.17, 15) is 4.79 Å². The lowest BCUT2D eigenvalue weighted by atomic mass is 10.1. The van der Waals surface area contributed by atoms with Crippen molar-refractivity contribution in [3.05, 3.63) is 29.8 Å². The van der Waals surface area contributed by atoms with Crippen LogP contribution >= 0.6 is 23.5 Å². The number of hydrogen-bond donors (Lipinski definition) is 0. The van der Waals surface area contributed by atoms with Gasteiger partial charge in [-0.1, -0.05) is 12.1 Å². The average molecular weight is 355 g/mol. The van der Waals surface area contributed by atoms with E-state index in [1.54, 1.807) is 7.11 Å². The average Bonchev–Trinajstić information content (AvgIpc) is 2.95. The summed E-state index contributed by atoms with van der Waals surface area (Å²) in [5.74, 6) is 3.89. The third-order valence-corrected chi connectivity index (χ3v) is 6.36. The molecular weight excluding hydrogens is 328 g/mol. The maximum Gasteiger partial charge on any atom is 0.310 e. The normalized spacial score (nSPS) is 21.2. The summed E-state index contributed by atoms with van der Waals surface area (Å²) in [6, 6.07) is 8.21. The molecule has 0 aliphatic carbocycles. The summed E-state index contributed by atoms with van der Waals surface area (Å²) in [7, 11) is 1.68. The molecule has 0 bridgehead atoms. The maximum atomic E-state index is 12.1. The second-order valence-electron chi connectivity index (χ2n) is 6.78. The molecule has 23 heavy (non-hydrogen) atoms. The van der Waals surface area contributed by atoms with E-state index >= 15 is 0 Å². The Morgan fingerprint density at radius 3 is 2.61 bits per heavy atom. The lowest BCUT2D eigenvalue weighted by Gasteiger charge is -2.21. The fourth-order valence-electron chi connectivity index (χ4n) is 2.40. The molecule has 1 fully saturated rings. The van der Waals surface area contributed by atoms with E-state index in [0.29, 0.717) is 5.25 Å². The highest BCUT2D eigenvalue weighted by atomic mass is 32.2. The first-order chi connectivity index (χ1) is 10.9. The zero-order valence-corrected chi connectivity index (χ0v) is 16.0. The van der Waals surface area contributed by atoms with E-state index < -0.39 is 0 Å². The van der Waals surface area contributed by atoms with Crippen molar-refractivity contribution in [3.63, 3.8) is 0 Å². The Bertz CT molecular complexity index is 508. The Morgan fingerprint density at radius 1 is 1.30 bits per heavy atom. The van der Waals surface area contributed by atoms with Crippen molar-refractivity contribution in [1.82, 2.24) is 0 Å². The minimum Gasteiger partial charge on any atom is -0.497 e. The predicted molar refractivity (Wildman–Crippen MR) is 99.4 cm³/mol. The van der Waals surface area contributed by atoms with Crippen molar-refractivity contribution in [2.45, 2.75) is 43.8 Å². The molecule has 0 amide bonds. The summed E-state index contributed by atoms with van der Waals surface area (Å²) in [6.07, 6.45) is 0.940. The Labute approximate surface area is 147 Å². The fourth-order valence-corrected chi connectivity index (χ4v) is 5.16. The van der Waals surface area contributed by atoms with Crippen LogP contribution in [0.3, 0.4) is 0 Å². The van der Waals surface area contributed by atoms with Crippen LogP contribution in [0.25, 0.3) is 0 Å². The van der Waals surface area contributed by atoms with Crippen LogP contribution in [0.4, 0.5) is 0 Å². The molecule has 1 aromatic rings. The molecule has 0 aromatic heterocycles. The summed E-state index contributed by atoms with van der Waals surface area (Å²) in [4.78, 5) is 12.1. The Balaban J connectivity index is 1.70. The van der Waals surface area contributed by atoms with Gasteiger partial charge in [-0.05, 0) is 44.9 Å². The monoisotopic (exact) mass is 354 g/mol. The van der Waals surface area contributed by atoms with E-state index in [1.807, 2.05) is 56.4 Å². The first-order valence-electron chi connectivity index (χ1n) is 7.92.